The van der Waals surface area contributed by atoms with Crippen LogP contribution in [0, 0.1) is 0 Å². The Balaban J connectivity index is 1.83. The molecule has 2 saturated heterocycles. The summed E-state index contributed by atoms with van der Waals surface area (Å²) >= 11 is 0. The first-order valence-electron chi connectivity index (χ1n) is 4.98. The fourth-order valence-corrected chi connectivity index (χ4v) is 2.00. The van der Waals surface area contributed by atoms with Crippen molar-refractivity contribution in [2.75, 3.05) is 0 Å². The van der Waals surface area contributed by atoms with Gasteiger partial charge in [0.1, 0.15) is 12.2 Å². The van der Waals surface area contributed by atoms with Gasteiger partial charge in [-0.25, -0.2) is 0 Å². The van der Waals surface area contributed by atoms with E-state index in [0.29, 0.717) is 18.7 Å². The zero-order valence-electron chi connectivity index (χ0n) is 8.29. The number of ether oxygens (including phenoxy) is 1. The Hall–Kier alpha value is -1.83. The molecule has 2 aliphatic heterocycles. The highest BCUT2D eigenvalue weighted by Crippen LogP contribution is 2.28. The molecular weight excluding hydrogens is 214 g/mol. The molecule has 8 nitrogen and oxygen atoms in total. The molecule has 8 heteroatoms. The normalized spacial score (nSPS) is 28.9. The number of carbonyl (C=O) groups excluding carboxylic acids is 2. The second-order valence-electron chi connectivity index (χ2n) is 3.78. The second-order valence-corrected chi connectivity index (χ2v) is 3.78. The summed E-state index contributed by atoms with van der Waals surface area (Å²) in [5.41, 5.74) is 0. The van der Waals surface area contributed by atoms with Crippen molar-refractivity contribution < 1.29 is 14.3 Å². The van der Waals surface area contributed by atoms with Crippen LogP contribution in [0.25, 0.3) is 0 Å². The van der Waals surface area contributed by atoms with Gasteiger partial charge in [0.2, 0.25) is 0 Å². The van der Waals surface area contributed by atoms with E-state index < -0.39 is 12.2 Å². The molecule has 0 aliphatic carbocycles. The number of nitrogens with one attached hydrogen (secondary N) is 1. The van der Waals surface area contributed by atoms with Gasteiger partial charge in [-0.1, -0.05) is 5.21 Å². The van der Waals surface area contributed by atoms with Crippen molar-refractivity contribution >= 4 is 11.8 Å². The lowest BCUT2D eigenvalue weighted by Gasteiger charge is -2.28. The standard InChI is InChI=1S/C8H9N5O3/c14-7-4-1-2-5(16-4)8(15)13(7)3-6-9-11-12-10-6/h4-5H,1-3H2,(H,9,10,11,12). The summed E-state index contributed by atoms with van der Waals surface area (Å²) in [6.45, 7) is 0.0600. The molecule has 0 aromatic carbocycles. The lowest BCUT2D eigenvalue weighted by atomic mass is 10.2. The van der Waals surface area contributed by atoms with Crippen LogP contribution < -0.4 is 0 Å². The molecule has 0 spiro atoms. The highest BCUT2D eigenvalue weighted by molar-refractivity contribution is 6.02. The lowest BCUT2D eigenvalue weighted by molar-refractivity contribution is -0.169. The minimum Gasteiger partial charge on any atom is -0.355 e. The van der Waals surface area contributed by atoms with E-state index in [-0.39, 0.29) is 18.4 Å². The third-order valence-electron chi connectivity index (χ3n) is 2.79. The highest BCUT2D eigenvalue weighted by atomic mass is 16.5. The summed E-state index contributed by atoms with van der Waals surface area (Å²) in [7, 11) is 0. The van der Waals surface area contributed by atoms with Crippen molar-refractivity contribution in [2.24, 2.45) is 0 Å². The minimum atomic E-state index is -0.477. The van der Waals surface area contributed by atoms with E-state index in [0.717, 1.165) is 4.90 Å². The van der Waals surface area contributed by atoms with Gasteiger partial charge in [-0.15, -0.1) is 10.2 Å². The van der Waals surface area contributed by atoms with Gasteiger partial charge in [-0.2, -0.15) is 5.21 Å². The Bertz CT molecular complexity index is 409. The predicted octanol–water partition coefficient (Wildman–Crippen LogP) is -1.38. The number of aromatic amines is 1. The average molecular weight is 223 g/mol. The molecule has 1 aromatic heterocycles. The number of rotatable bonds is 2. The molecule has 1 aromatic rings. The molecular formula is C8H9N5O3. The maximum atomic E-state index is 11.8. The largest absolute Gasteiger partial charge is 0.355 e. The minimum absolute atomic E-state index is 0.0600. The predicted molar refractivity (Wildman–Crippen MR) is 47.6 cm³/mol. The topological polar surface area (TPSA) is 101 Å². The monoisotopic (exact) mass is 223 g/mol. The van der Waals surface area contributed by atoms with Gasteiger partial charge in [0, 0.05) is 0 Å². The number of imide groups is 1. The Morgan fingerprint density at radius 2 is 2.00 bits per heavy atom. The third kappa shape index (κ3) is 1.30. The van der Waals surface area contributed by atoms with Crippen LogP contribution in [-0.4, -0.2) is 49.5 Å². The first kappa shape index (κ1) is 9.40. The molecule has 2 aliphatic rings. The fourth-order valence-electron chi connectivity index (χ4n) is 2.00. The van der Waals surface area contributed by atoms with Gasteiger partial charge < -0.3 is 4.74 Å². The van der Waals surface area contributed by atoms with Gasteiger partial charge in [-0.05, 0) is 12.8 Å². The molecule has 2 amide bonds. The number of aromatic nitrogens is 4. The molecule has 2 unspecified atom stereocenters. The van der Waals surface area contributed by atoms with Crippen molar-refractivity contribution in [3.05, 3.63) is 5.82 Å². The third-order valence-corrected chi connectivity index (χ3v) is 2.79. The molecule has 2 bridgehead atoms. The zero-order chi connectivity index (χ0) is 11.1. The summed E-state index contributed by atoms with van der Waals surface area (Å²) < 4.78 is 5.27. The second kappa shape index (κ2) is 3.34. The van der Waals surface area contributed by atoms with Crippen molar-refractivity contribution in [3.63, 3.8) is 0 Å². The van der Waals surface area contributed by atoms with E-state index in [1.54, 1.807) is 0 Å². The number of H-pyrrole nitrogens is 1. The summed E-state index contributed by atoms with van der Waals surface area (Å²) in [5.74, 6) is -0.282. The average Bonchev–Trinajstić information content (AvgIpc) is 2.92. The molecule has 3 heterocycles. The Labute approximate surface area is 89.9 Å². The van der Waals surface area contributed by atoms with E-state index in [2.05, 4.69) is 20.6 Å². The summed E-state index contributed by atoms with van der Waals surface area (Å²) in [4.78, 5) is 24.8. The van der Waals surface area contributed by atoms with E-state index in [9.17, 15) is 9.59 Å². The number of carbonyl (C=O) groups is 2. The van der Waals surface area contributed by atoms with E-state index in [1.165, 1.54) is 0 Å². The molecule has 1 N–H and O–H groups in total. The zero-order valence-corrected chi connectivity index (χ0v) is 8.29. The number of likely N-dealkylation sites (tertiary alicyclic amines) is 1. The van der Waals surface area contributed by atoms with Gasteiger partial charge in [0.25, 0.3) is 11.8 Å². The van der Waals surface area contributed by atoms with Crippen LogP contribution in [0.15, 0.2) is 0 Å². The van der Waals surface area contributed by atoms with Gasteiger partial charge in [-0.3, -0.25) is 14.5 Å². The molecule has 2 atom stereocenters. The van der Waals surface area contributed by atoms with E-state index in [4.69, 9.17) is 4.74 Å². The first-order valence-corrected chi connectivity index (χ1v) is 4.98. The lowest BCUT2D eigenvalue weighted by Crippen LogP contribution is -2.51. The van der Waals surface area contributed by atoms with E-state index in [1.807, 2.05) is 0 Å². The molecule has 16 heavy (non-hydrogen) atoms. The molecule has 84 valence electrons. The fraction of sp³-hybridized carbons (Fsp3) is 0.625. The molecule has 2 fully saturated rings. The van der Waals surface area contributed by atoms with Crippen molar-refractivity contribution in [2.45, 2.75) is 31.6 Å². The van der Waals surface area contributed by atoms with Crippen molar-refractivity contribution in [1.82, 2.24) is 25.5 Å². The number of hydrogen-bond acceptors (Lipinski definition) is 6. The molecule has 0 saturated carbocycles. The maximum absolute atomic E-state index is 11.8. The summed E-state index contributed by atoms with van der Waals surface area (Å²) in [5, 5.41) is 13.1. The number of morpholine rings is 1. The summed E-state index contributed by atoms with van der Waals surface area (Å²) in [6, 6.07) is 0. The molecule has 0 radical (unpaired) electrons. The number of hydrogen-bond donors (Lipinski definition) is 1. The van der Waals surface area contributed by atoms with Gasteiger partial charge in [0.15, 0.2) is 5.82 Å². The number of tetrazole rings is 1. The number of nitrogens with zero attached hydrogens (tertiary/aromatic N) is 4. The van der Waals surface area contributed by atoms with Crippen LogP contribution in [0.2, 0.25) is 0 Å². The Morgan fingerprint density at radius 3 is 2.56 bits per heavy atom. The van der Waals surface area contributed by atoms with Crippen molar-refractivity contribution in [1.29, 1.82) is 0 Å². The first-order chi connectivity index (χ1) is 7.75. The highest BCUT2D eigenvalue weighted by Gasteiger charge is 2.46. The molecule has 3 rings (SSSR count). The number of fused-ring (bicyclic) bond motifs is 2. The van der Waals surface area contributed by atoms with Crippen LogP contribution in [-0.2, 0) is 20.9 Å². The SMILES string of the molecule is O=C1C2CCC(O2)C(=O)N1Cc1nn[nH]n1. The Morgan fingerprint density at radius 1 is 1.31 bits per heavy atom. The maximum Gasteiger partial charge on any atom is 0.258 e. The smallest absolute Gasteiger partial charge is 0.258 e. The van der Waals surface area contributed by atoms with Gasteiger partial charge in [0.05, 0.1) is 6.54 Å². The van der Waals surface area contributed by atoms with E-state index >= 15 is 0 Å². The quantitative estimate of drug-likeness (QED) is 0.620. The van der Waals surface area contributed by atoms with Crippen LogP contribution >= 0.6 is 0 Å². The van der Waals surface area contributed by atoms with Crippen molar-refractivity contribution in [3.8, 4) is 0 Å². The Kier molecular flexibility index (Phi) is 1.96. The van der Waals surface area contributed by atoms with Crippen LogP contribution in [0.4, 0.5) is 0 Å². The van der Waals surface area contributed by atoms with Crippen LogP contribution in [0.1, 0.15) is 18.7 Å². The number of amides is 2. The van der Waals surface area contributed by atoms with Crippen LogP contribution in [0.3, 0.4) is 0 Å². The summed E-state index contributed by atoms with van der Waals surface area (Å²) in [6.07, 6.45) is 0.264. The van der Waals surface area contributed by atoms with Crippen LogP contribution in [0.5, 0.6) is 0 Å². The van der Waals surface area contributed by atoms with Gasteiger partial charge >= 0.3 is 0 Å².